The highest BCUT2D eigenvalue weighted by Gasteiger charge is 2.01. The highest BCUT2D eigenvalue weighted by atomic mass is 16.5. The van der Waals surface area contributed by atoms with E-state index in [-0.39, 0.29) is 6.04 Å². The van der Waals surface area contributed by atoms with Gasteiger partial charge in [0, 0.05) is 6.04 Å². The monoisotopic (exact) mass is 257 g/mol. The van der Waals surface area contributed by atoms with E-state index in [4.69, 9.17) is 15.2 Å². The zero-order chi connectivity index (χ0) is 13.5. The molecule has 0 amide bonds. The molecule has 2 aromatic rings. The lowest BCUT2D eigenvalue weighted by Crippen LogP contribution is -2.10. The number of rotatable bonds is 6. The lowest BCUT2D eigenvalue weighted by Gasteiger charge is -2.10. The first-order valence-electron chi connectivity index (χ1n) is 6.42. The van der Waals surface area contributed by atoms with Gasteiger partial charge in [0.2, 0.25) is 0 Å². The molecular formula is C16H19NO2. The molecule has 0 bridgehead atoms. The topological polar surface area (TPSA) is 44.5 Å². The Morgan fingerprint density at radius 1 is 0.895 bits per heavy atom. The van der Waals surface area contributed by atoms with Gasteiger partial charge in [-0.3, -0.25) is 0 Å². The standard InChI is InChI=1S/C16H19NO2/c1-13(17)14-6-5-9-16(12-14)19-11-10-18-15-7-3-2-4-8-15/h2-9,12-13H,10-11,17H2,1H3/t13-/m1/s1. The van der Waals surface area contributed by atoms with E-state index < -0.39 is 0 Å². The van der Waals surface area contributed by atoms with Crippen molar-refractivity contribution >= 4 is 0 Å². The van der Waals surface area contributed by atoms with Crippen molar-refractivity contribution in [1.82, 2.24) is 0 Å². The molecule has 3 nitrogen and oxygen atoms in total. The smallest absolute Gasteiger partial charge is 0.122 e. The van der Waals surface area contributed by atoms with E-state index >= 15 is 0 Å². The summed E-state index contributed by atoms with van der Waals surface area (Å²) in [4.78, 5) is 0. The molecule has 0 fully saturated rings. The lowest BCUT2D eigenvalue weighted by molar-refractivity contribution is 0.217. The van der Waals surface area contributed by atoms with Crippen LogP contribution < -0.4 is 15.2 Å². The minimum atomic E-state index is 0.0177. The van der Waals surface area contributed by atoms with Crippen molar-refractivity contribution in [3.63, 3.8) is 0 Å². The van der Waals surface area contributed by atoms with Gasteiger partial charge in [-0.2, -0.15) is 0 Å². The summed E-state index contributed by atoms with van der Waals surface area (Å²) in [5.74, 6) is 1.68. The van der Waals surface area contributed by atoms with Crippen molar-refractivity contribution < 1.29 is 9.47 Å². The Balaban J connectivity index is 1.78. The fourth-order valence-corrected chi connectivity index (χ4v) is 1.72. The predicted molar refractivity (Wildman–Crippen MR) is 76.5 cm³/mol. The third-order valence-electron chi connectivity index (χ3n) is 2.75. The van der Waals surface area contributed by atoms with Gasteiger partial charge in [-0.25, -0.2) is 0 Å². The molecule has 19 heavy (non-hydrogen) atoms. The number of hydrogen-bond donors (Lipinski definition) is 1. The number of hydrogen-bond acceptors (Lipinski definition) is 3. The van der Waals surface area contributed by atoms with Crippen LogP contribution in [0.25, 0.3) is 0 Å². The first kappa shape index (κ1) is 13.4. The third-order valence-corrected chi connectivity index (χ3v) is 2.75. The predicted octanol–water partition coefficient (Wildman–Crippen LogP) is 3.16. The van der Waals surface area contributed by atoms with Crippen LogP contribution in [0, 0.1) is 0 Å². The molecule has 0 aromatic heterocycles. The maximum Gasteiger partial charge on any atom is 0.122 e. The van der Waals surface area contributed by atoms with Crippen LogP contribution in [0.1, 0.15) is 18.5 Å². The molecule has 0 unspecified atom stereocenters. The van der Waals surface area contributed by atoms with E-state index in [0.29, 0.717) is 13.2 Å². The Hall–Kier alpha value is -2.00. The zero-order valence-electron chi connectivity index (χ0n) is 11.1. The van der Waals surface area contributed by atoms with E-state index in [1.165, 1.54) is 0 Å². The molecule has 3 heteroatoms. The Bertz CT molecular complexity index is 497. The summed E-state index contributed by atoms with van der Waals surface area (Å²) in [6, 6.07) is 17.6. The Kier molecular flexibility index (Phi) is 4.81. The number of nitrogens with two attached hydrogens (primary N) is 1. The van der Waals surface area contributed by atoms with Crippen molar-refractivity contribution in [1.29, 1.82) is 0 Å². The number of benzene rings is 2. The average Bonchev–Trinajstić information content (AvgIpc) is 2.45. The molecule has 0 saturated heterocycles. The van der Waals surface area contributed by atoms with E-state index in [2.05, 4.69) is 0 Å². The molecule has 2 N–H and O–H groups in total. The Morgan fingerprint density at radius 3 is 2.21 bits per heavy atom. The van der Waals surface area contributed by atoms with Gasteiger partial charge in [-0.05, 0) is 36.8 Å². The number of para-hydroxylation sites is 1. The van der Waals surface area contributed by atoms with Crippen molar-refractivity contribution in [2.75, 3.05) is 13.2 Å². The van der Waals surface area contributed by atoms with Gasteiger partial charge >= 0.3 is 0 Å². The summed E-state index contributed by atoms with van der Waals surface area (Å²) in [5.41, 5.74) is 6.90. The maximum atomic E-state index is 5.83. The normalized spacial score (nSPS) is 11.9. The van der Waals surface area contributed by atoms with Crippen LogP contribution in [0.4, 0.5) is 0 Å². The molecule has 0 aliphatic rings. The van der Waals surface area contributed by atoms with Crippen molar-refractivity contribution in [2.24, 2.45) is 5.73 Å². The van der Waals surface area contributed by atoms with Crippen LogP contribution in [0.2, 0.25) is 0 Å². The second-order valence-electron chi connectivity index (χ2n) is 4.37. The first-order chi connectivity index (χ1) is 9.25. The molecule has 0 radical (unpaired) electrons. The largest absolute Gasteiger partial charge is 0.490 e. The summed E-state index contributed by atoms with van der Waals surface area (Å²) in [7, 11) is 0. The van der Waals surface area contributed by atoms with Gasteiger partial charge in [-0.1, -0.05) is 30.3 Å². The third kappa shape index (κ3) is 4.30. The van der Waals surface area contributed by atoms with Crippen LogP contribution in [0.5, 0.6) is 11.5 Å². The highest BCUT2D eigenvalue weighted by molar-refractivity contribution is 5.30. The van der Waals surface area contributed by atoms with E-state index in [1.807, 2.05) is 61.5 Å². The van der Waals surface area contributed by atoms with Crippen LogP contribution in [0.3, 0.4) is 0 Å². The summed E-state index contributed by atoms with van der Waals surface area (Å²) >= 11 is 0. The van der Waals surface area contributed by atoms with Gasteiger partial charge in [0.25, 0.3) is 0 Å². The van der Waals surface area contributed by atoms with E-state index in [9.17, 15) is 0 Å². The molecule has 100 valence electrons. The quantitative estimate of drug-likeness (QED) is 0.808. The second-order valence-corrected chi connectivity index (χ2v) is 4.37. The Morgan fingerprint density at radius 2 is 1.53 bits per heavy atom. The minimum absolute atomic E-state index is 0.0177. The highest BCUT2D eigenvalue weighted by Crippen LogP contribution is 2.17. The minimum Gasteiger partial charge on any atom is -0.490 e. The summed E-state index contributed by atoms with van der Waals surface area (Å²) in [6.07, 6.45) is 0. The van der Waals surface area contributed by atoms with Crippen LogP contribution in [0.15, 0.2) is 54.6 Å². The van der Waals surface area contributed by atoms with Gasteiger partial charge in [0.05, 0.1) is 0 Å². The van der Waals surface area contributed by atoms with Gasteiger partial charge < -0.3 is 15.2 Å². The first-order valence-corrected chi connectivity index (χ1v) is 6.42. The van der Waals surface area contributed by atoms with Crippen molar-refractivity contribution in [3.05, 3.63) is 60.2 Å². The van der Waals surface area contributed by atoms with Crippen LogP contribution in [-0.4, -0.2) is 13.2 Å². The van der Waals surface area contributed by atoms with E-state index in [0.717, 1.165) is 17.1 Å². The molecule has 0 aliphatic heterocycles. The van der Waals surface area contributed by atoms with Gasteiger partial charge in [-0.15, -0.1) is 0 Å². The fourth-order valence-electron chi connectivity index (χ4n) is 1.72. The molecule has 0 heterocycles. The maximum absolute atomic E-state index is 5.83. The van der Waals surface area contributed by atoms with E-state index in [1.54, 1.807) is 0 Å². The fraction of sp³-hybridized carbons (Fsp3) is 0.250. The van der Waals surface area contributed by atoms with Crippen LogP contribution in [-0.2, 0) is 0 Å². The van der Waals surface area contributed by atoms with Gasteiger partial charge in [0.15, 0.2) is 0 Å². The molecule has 0 saturated carbocycles. The number of ether oxygens (including phenoxy) is 2. The second kappa shape index (κ2) is 6.81. The van der Waals surface area contributed by atoms with Crippen molar-refractivity contribution in [3.8, 4) is 11.5 Å². The zero-order valence-corrected chi connectivity index (χ0v) is 11.1. The lowest BCUT2D eigenvalue weighted by atomic mass is 10.1. The molecule has 0 aliphatic carbocycles. The molecular weight excluding hydrogens is 238 g/mol. The molecule has 1 atom stereocenters. The van der Waals surface area contributed by atoms with Gasteiger partial charge in [0.1, 0.15) is 24.7 Å². The van der Waals surface area contributed by atoms with Crippen LogP contribution >= 0.6 is 0 Å². The summed E-state index contributed by atoms with van der Waals surface area (Å²) < 4.78 is 11.2. The SMILES string of the molecule is C[C@@H](N)c1cccc(OCCOc2ccccc2)c1. The average molecular weight is 257 g/mol. The molecule has 2 aromatic carbocycles. The molecule has 0 spiro atoms. The summed E-state index contributed by atoms with van der Waals surface area (Å²) in [6.45, 7) is 2.99. The molecule has 2 rings (SSSR count). The Labute approximate surface area is 114 Å². The van der Waals surface area contributed by atoms with Crippen molar-refractivity contribution in [2.45, 2.75) is 13.0 Å². The summed E-state index contributed by atoms with van der Waals surface area (Å²) in [5, 5.41) is 0.